The summed E-state index contributed by atoms with van der Waals surface area (Å²) in [6.07, 6.45) is 0. The number of benzene rings is 1. The number of nitrogens with zero attached hydrogens (tertiary/aromatic N) is 5. The predicted molar refractivity (Wildman–Crippen MR) is 110 cm³/mol. The molecule has 0 radical (unpaired) electrons. The summed E-state index contributed by atoms with van der Waals surface area (Å²) in [7, 11) is 4.10. The molecule has 2 fully saturated rings. The van der Waals surface area contributed by atoms with Gasteiger partial charge >= 0.3 is 0 Å². The van der Waals surface area contributed by atoms with Crippen molar-refractivity contribution in [2.24, 2.45) is 4.99 Å². The van der Waals surface area contributed by atoms with Crippen LogP contribution in [0.1, 0.15) is 6.92 Å². The number of piperazine rings is 2. The fraction of sp³-hybridized carbons (Fsp3) is 0.650. The van der Waals surface area contributed by atoms with Crippen molar-refractivity contribution in [3.8, 4) is 0 Å². The lowest BCUT2D eigenvalue weighted by molar-refractivity contribution is 0.119. The Bertz CT molecular complexity index is 559. The van der Waals surface area contributed by atoms with Crippen molar-refractivity contribution in [3.05, 3.63) is 30.3 Å². The first kappa shape index (κ1) is 19.0. The number of anilines is 1. The Balaban J connectivity index is 1.45. The van der Waals surface area contributed by atoms with Crippen LogP contribution in [0.15, 0.2) is 35.3 Å². The molecular formula is C20H34N6. The average molecular weight is 359 g/mol. The van der Waals surface area contributed by atoms with Crippen LogP contribution in [0.3, 0.4) is 0 Å². The normalized spacial score (nSPS) is 21.7. The SMILES string of the molecule is CN=C(NCC(C)N1CCN(C)CC1)N1CCN(c2ccccc2)CC1. The van der Waals surface area contributed by atoms with Gasteiger partial charge in [0.1, 0.15) is 0 Å². The molecule has 0 saturated carbocycles. The van der Waals surface area contributed by atoms with E-state index < -0.39 is 0 Å². The fourth-order valence-electron chi connectivity index (χ4n) is 3.78. The molecule has 26 heavy (non-hydrogen) atoms. The highest BCUT2D eigenvalue weighted by molar-refractivity contribution is 5.80. The molecular weight excluding hydrogens is 324 g/mol. The second-order valence-corrected chi connectivity index (χ2v) is 7.43. The average Bonchev–Trinajstić information content (AvgIpc) is 2.70. The summed E-state index contributed by atoms with van der Waals surface area (Å²) in [6.45, 7) is 12.0. The van der Waals surface area contributed by atoms with Gasteiger partial charge in [-0.15, -0.1) is 0 Å². The molecule has 2 aliphatic rings. The van der Waals surface area contributed by atoms with E-state index in [-0.39, 0.29) is 0 Å². The number of rotatable bonds is 4. The topological polar surface area (TPSA) is 37.4 Å². The molecule has 2 heterocycles. The molecule has 0 amide bonds. The monoisotopic (exact) mass is 358 g/mol. The highest BCUT2D eigenvalue weighted by Crippen LogP contribution is 2.15. The molecule has 144 valence electrons. The first-order valence-corrected chi connectivity index (χ1v) is 9.85. The third-order valence-corrected chi connectivity index (χ3v) is 5.63. The summed E-state index contributed by atoms with van der Waals surface area (Å²) in [5.41, 5.74) is 1.32. The van der Waals surface area contributed by atoms with Crippen LogP contribution in [-0.4, -0.2) is 99.7 Å². The second-order valence-electron chi connectivity index (χ2n) is 7.43. The maximum Gasteiger partial charge on any atom is 0.193 e. The van der Waals surface area contributed by atoms with Crippen LogP contribution in [0, 0.1) is 0 Å². The summed E-state index contributed by atoms with van der Waals surface area (Å²) >= 11 is 0. The molecule has 6 heteroatoms. The highest BCUT2D eigenvalue weighted by Gasteiger charge is 2.22. The number of aliphatic imine (C=N–C) groups is 1. The number of guanidine groups is 1. The van der Waals surface area contributed by atoms with Crippen LogP contribution in [0.5, 0.6) is 0 Å². The van der Waals surface area contributed by atoms with Crippen molar-refractivity contribution in [3.63, 3.8) is 0 Å². The zero-order chi connectivity index (χ0) is 18.4. The standard InChI is InChI=1S/C20H34N6/c1-18(24-11-9-23(3)10-12-24)17-22-20(21-2)26-15-13-25(14-16-26)19-7-5-4-6-8-19/h4-8,18H,9-17H2,1-3H3,(H,21,22). The zero-order valence-electron chi connectivity index (χ0n) is 16.6. The maximum absolute atomic E-state index is 4.52. The summed E-state index contributed by atoms with van der Waals surface area (Å²) in [5.74, 6) is 1.04. The van der Waals surface area contributed by atoms with E-state index in [1.807, 2.05) is 7.05 Å². The fourth-order valence-corrected chi connectivity index (χ4v) is 3.78. The van der Waals surface area contributed by atoms with Crippen LogP contribution < -0.4 is 10.2 Å². The van der Waals surface area contributed by atoms with Gasteiger partial charge in [0.2, 0.25) is 0 Å². The van der Waals surface area contributed by atoms with Crippen LogP contribution in [0.2, 0.25) is 0 Å². The van der Waals surface area contributed by atoms with E-state index in [1.54, 1.807) is 0 Å². The van der Waals surface area contributed by atoms with E-state index in [0.717, 1.165) is 51.8 Å². The van der Waals surface area contributed by atoms with E-state index in [2.05, 4.69) is 74.2 Å². The lowest BCUT2D eigenvalue weighted by Gasteiger charge is -2.39. The molecule has 1 N–H and O–H groups in total. The van der Waals surface area contributed by atoms with Crippen molar-refractivity contribution in [2.75, 3.05) is 77.9 Å². The molecule has 2 saturated heterocycles. The first-order chi connectivity index (χ1) is 12.7. The molecule has 1 aromatic carbocycles. The Hall–Kier alpha value is -1.79. The predicted octanol–water partition coefficient (Wildman–Crippen LogP) is 1.02. The van der Waals surface area contributed by atoms with Gasteiger partial charge < -0.3 is 20.0 Å². The van der Waals surface area contributed by atoms with E-state index in [4.69, 9.17) is 0 Å². The molecule has 1 atom stereocenters. The van der Waals surface area contributed by atoms with Crippen molar-refractivity contribution in [1.82, 2.24) is 20.0 Å². The lowest BCUT2D eigenvalue weighted by atomic mass is 10.2. The minimum atomic E-state index is 0.533. The van der Waals surface area contributed by atoms with Gasteiger partial charge in [0, 0.05) is 77.7 Å². The van der Waals surface area contributed by atoms with Crippen LogP contribution in [0.4, 0.5) is 5.69 Å². The molecule has 0 aromatic heterocycles. The van der Waals surface area contributed by atoms with Gasteiger partial charge in [-0.2, -0.15) is 0 Å². The van der Waals surface area contributed by atoms with Gasteiger partial charge in [-0.1, -0.05) is 18.2 Å². The second kappa shape index (κ2) is 9.24. The highest BCUT2D eigenvalue weighted by atomic mass is 15.4. The van der Waals surface area contributed by atoms with Gasteiger partial charge in [-0.3, -0.25) is 9.89 Å². The van der Waals surface area contributed by atoms with E-state index in [9.17, 15) is 0 Å². The number of nitrogens with one attached hydrogen (secondary N) is 1. The molecule has 0 aliphatic carbocycles. The van der Waals surface area contributed by atoms with Crippen molar-refractivity contribution < 1.29 is 0 Å². The third kappa shape index (κ3) is 4.89. The minimum absolute atomic E-state index is 0.533. The van der Waals surface area contributed by atoms with Crippen molar-refractivity contribution in [1.29, 1.82) is 0 Å². The number of para-hydroxylation sites is 1. The Kier molecular flexibility index (Phi) is 6.74. The number of hydrogen-bond donors (Lipinski definition) is 1. The Morgan fingerprint density at radius 2 is 1.65 bits per heavy atom. The Morgan fingerprint density at radius 3 is 2.27 bits per heavy atom. The smallest absolute Gasteiger partial charge is 0.193 e. The summed E-state index contributed by atoms with van der Waals surface area (Å²) < 4.78 is 0. The van der Waals surface area contributed by atoms with Gasteiger partial charge in [-0.25, -0.2) is 0 Å². The van der Waals surface area contributed by atoms with Crippen LogP contribution in [0.25, 0.3) is 0 Å². The summed E-state index contributed by atoms with van der Waals surface area (Å²) in [5, 5.41) is 3.60. The maximum atomic E-state index is 4.52. The summed E-state index contributed by atoms with van der Waals surface area (Å²) in [6, 6.07) is 11.2. The lowest BCUT2D eigenvalue weighted by Crippen LogP contribution is -2.55. The van der Waals surface area contributed by atoms with Gasteiger partial charge in [-0.05, 0) is 26.1 Å². The largest absolute Gasteiger partial charge is 0.368 e. The zero-order valence-corrected chi connectivity index (χ0v) is 16.6. The molecule has 0 spiro atoms. The van der Waals surface area contributed by atoms with E-state index >= 15 is 0 Å². The Labute approximate surface area is 158 Å². The van der Waals surface area contributed by atoms with Crippen molar-refractivity contribution in [2.45, 2.75) is 13.0 Å². The van der Waals surface area contributed by atoms with E-state index in [0.29, 0.717) is 6.04 Å². The van der Waals surface area contributed by atoms with E-state index in [1.165, 1.54) is 18.8 Å². The number of likely N-dealkylation sites (N-methyl/N-ethyl adjacent to an activating group) is 1. The molecule has 1 aromatic rings. The quantitative estimate of drug-likeness (QED) is 0.643. The molecule has 3 rings (SSSR count). The minimum Gasteiger partial charge on any atom is -0.368 e. The van der Waals surface area contributed by atoms with Crippen molar-refractivity contribution >= 4 is 11.6 Å². The third-order valence-electron chi connectivity index (χ3n) is 5.63. The summed E-state index contributed by atoms with van der Waals surface area (Å²) in [4.78, 5) is 14.3. The van der Waals surface area contributed by atoms with Crippen LogP contribution in [-0.2, 0) is 0 Å². The van der Waals surface area contributed by atoms with Crippen LogP contribution >= 0.6 is 0 Å². The molecule has 0 bridgehead atoms. The molecule has 6 nitrogen and oxygen atoms in total. The first-order valence-electron chi connectivity index (χ1n) is 9.85. The van der Waals surface area contributed by atoms with Gasteiger partial charge in [0.05, 0.1) is 0 Å². The Morgan fingerprint density at radius 1 is 1.00 bits per heavy atom. The van der Waals surface area contributed by atoms with Gasteiger partial charge in [0.25, 0.3) is 0 Å². The molecule has 1 unspecified atom stereocenters. The number of hydrogen-bond acceptors (Lipinski definition) is 4. The van der Waals surface area contributed by atoms with Gasteiger partial charge in [0.15, 0.2) is 5.96 Å². The molecule has 2 aliphatic heterocycles.